The molecule has 7 heteroatoms. The van der Waals surface area contributed by atoms with Crippen molar-refractivity contribution in [3.05, 3.63) is 0 Å². The van der Waals surface area contributed by atoms with Gasteiger partial charge in [0, 0.05) is 0 Å². The van der Waals surface area contributed by atoms with Crippen LogP contribution < -0.4 is 0 Å². The van der Waals surface area contributed by atoms with E-state index >= 15 is 0 Å². The van der Waals surface area contributed by atoms with Crippen LogP contribution in [0.25, 0.3) is 0 Å². The van der Waals surface area contributed by atoms with E-state index in [-0.39, 0.29) is 6.42 Å². The third-order valence-corrected chi connectivity index (χ3v) is 4.36. The smallest absolute Gasteiger partial charge is 0.348 e. The summed E-state index contributed by atoms with van der Waals surface area (Å²) >= 11 is 0. The van der Waals surface area contributed by atoms with Crippen molar-refractivity contribution in [2.75, 3.05) is 0 Å². The predicted molar refractivity (Wildman–Crippen MR) is 80.8 cm³/mol. The predicted octanol–water partition coefficient (Wildman–Crippen LogP) is 1.96. The molecular formula is C16H26O7. The molecule has 0 unspecified atom stereocenters. The molecule has 0 aromatic rings. The first-order chi connectivity index (χ1) is 10.9. The van der Waals surface area contributed by atoms with Gasteiger partial charge < -0.3 is 20.1 Å². The first-order valence-corrected chi connectivity index (χ1v) is 8.24. The molecule has 0 amide bonds. The molecule has 0 saturated carbocycles. The monoisotopic (exact) mass is 330 g/mol. The number of carbonyl (C=O) groups is 3. The van der Waals surface area contributed by atoms with Gasteiger partial charge in [0.1, 0.15) is 5.92 Å². The summed E-state index contributed by atoms with van der Waals surface area (Å²) in [6, 6.07) is 0. The Morgan fingerprint density at radius 2 is 1.57 bits per heavy atom. The zero-order valence-electron chi connectivity index (χ0n) is 13.5. The van der Waals surface area contributed by atoms with Gasteiger partial charge in [0.15, 0.2) is 0 Å². The average Bonchev–Trinajstić information content (AvgIpc) is 2.75. The van der Waals surface area contributed by atoms with E-state index in [0.717, 1.165) is 25.7 Å². The molecule has 0 aliphatic carbocycles. The number of aliphatic carboxylic acids is 2. The van der Waals surface area contributed by atoms with Gasteiger partial charge in [0.05, 0.1) is 0 Å². The third kappa shape index (κ3) is 4.67. The quantitative estimate of drug-likeness (QED) is 0.391. The van der Waals surface area contributed by atoms with Crippen molar-refractivity contribution in [3.63, 3.8) is 0 Å². The Morgan fingerprint density at radius 1 is 1.04 bits per heavy atom. The number of carbonyl (C=O) groups excluding carboxylic acids is 1. The Bertz CT molecular complexity index is 434. The normalized spacial score (nSPS) is 27.0. The summed E-state index contributed by atoms with van der Waals surface area (Å²) in [5, 5.41) is 28.3. The number of carboxylic acids is 2. The largest absolute Gasteiger partial charge is 0.479 e. The number of rotatable bonds is 11. The lowest BCUT2D eigenvalue weighted by molar-refractivity contribution is -0.179. The zero-order chi connectivity index (χ0) is 17.5. The molecule has 0 aromatic heterocycles. The summed E-state index contributed by atoms with van der Waals surface area (Å²) in [7, 11) is 0. The Kier molecular flexibility index (Phi) is 7.48. The molecule has 0 radical (unpaired) electrons. The second kappa shape index (κ2) is 8.86. The van der Waals surface area contributed by atoms with Gasteiger partial charge in [-0.2, -0.15) is 0 Å². The molecule has 3 N–H and O–H groups in total. The lowest BCUT2D eigenvalue weighted by Gasteiger charge is -2.24. The van der Waals surface area contributed by atoms with Gasteiger partial charge >= 0.3 is 17.9 Å². The second-order valence-corrected chi connectivity index (χ2v) is 6.10. The maximum atomic E-state index is 11.7. The van der Waals surface area contributed by atoms with Crippen molar-refractivity contribution in [1.29, 1.82) is 0 Å². The number of hydrogen-bond donors (Lipinski definition) is 3. The molecule has 1 fully saturated rings. The molecule has 1 saturated heterocycles. The van der Waals surface area contributed by atoms with E-state index in [1.807, 2.05) is 0 Å². The van der Waals surface area contributed by atoms with Crippen LogP contribution in [0.15, 0.2) is 0 Å². The Hall–Kier alpha value is -1.63. The van der Waals surface area contributed by atoms with Gasteiger partial charge in [-0.25, -0.2) is 9.59 Å². The zero-order valence-corrected chi connectivity index (χ0v) is 13.5. The van der Waals surface area contributed by atoms with Crippen LogP contribution in [-0.2, 0) is 19.1 Å². The van der Waals surface area contributed by atoms with Gasteiger partial charge in [-0.15, -0.1) is 0 Å². The molecule has 7 nitrogen and oxygen atoms in total. The molecule has 1 heterocycles. The van der Waals surface area contributed by atoms with Crippen LogP contribution in [0, 0.1) is 5.92 Å². The second-order valence-electron chi connectivity index (χ2n) is 6.10. The molecule has 1 aliphatic heterocycles. The van der Waals surface area contributed by atoms with E-state index in [0.29, 0.717) is 6.42 Å². The van der Waals surface area contributed by atoms with Crippen LogP contribution in [0.5, 0.6) is 0 Å². The maximum Gasteiger partial charge on any atom is 0.348 e. The molecule has 0 bridgehead atoms. The van der Waals surface area contributed by atoms with Crippen LogP contribution >= 0.6 is 0 Å². The van der Waals surface area contributed by atoms with Crippen molar-refractivity contribution in [3.8, 4) is 0 Å². The van der Waals surface area contributed by atoms with E-state index in [4.69, 9.17) is 10.2 Å². The molecule has 132 valence electrons. The van der Waals surface area contributed by atoms with E-state index in [2.05, 4.69) is 11.7 Å². The number of esters is 1. The number of ether oxygens (including phenoxy) is 1. The Labute approximate surface area is 135 Å². The number of unbranched alkanes of at least 4 members (excludes halogenated alkanes) is 7. The summed E-state index contributed by atoms with van der Waals surface area (Å²) in [4.78, 5) is 34.0. The highest BCUT2D eigenvalue weighted by molar-refractivity contribution is 5.97. The van der Waals surface area contributed by atoms with Crippen LogP contribution in [0.1, 0.15) is 64.7 Å². The van der Waals surface area contributed by atoms with Crippen LogP contribution in [0.2, 0.25) is 0 Å². The fraction of sp³-hybridized carbons (Fsp3) is 0.812. The number of cyclic esters (lactones) is 1. The highest BCUT2D eigenvalue weighted by Gasteiger charge is 2.64. The lowest BCUT2D eigenvalue weighted by atomic mass is 9.82. The average molecular weight is 330 g/mol. The van der Waals surface area contributed by atoms with Gasteiger partial charge in [-0.05, 0) is 6.42 Å². The maximum absolute atomic E-state index is 11.7. The fourth-order valence-electron chi connectivity index (χ4n) is 2.97. The van der Waals surface area contributed by atoms with Crippen molar-refractivity contribution in [2.24, 2.45) is 5.92 Å². The molecule has 3 atom stereocenters. The van der Waals surface area contributed by atoms with Gasteiger partial charge in [-0.1, -0.05) is 58.3 Å². The molecule has 1 rings (SSSR count). The lowest BCUT2D eigenvalue weighted by Crippen LogP contribution is -2.54. The third-order valence-electron chi connectivity index (χ3n) is 4.36. The summed E-state index contributed by atoms with van der Waals surface area (Å²) in [5.74, 6) is -5.67. The van der Waals surface area contributed by atoms with Crippen molar-refractivity contribution >= 4 is 17.9 Å². The summed E-state index contributed by atoms with van der Waals surface area (Å²) in [6.07, 6.45) is 6.23. The van der Waals surface area contributed by atoms with Crippen molar-refractivity contribution in [2.45, 2.75) is 76.4 Å². The number of aliphatic hydroxyl groups is 1. The van der Waals surface area contributed by atoms with Crippen LogP contribution in [0.4, 0.5) is 0 Å². The van der Waals surface area contributed by atoms with Gasteiger partial charge in [0.25, 0.3) is 0 Å². The summed E-state index contributed by atoms with van der Waals surface area (Å²) in [5.41, 5.74) is -2.69. The first kappa shape index (κ1) is 19.4. The highest BCUT2D eigenvalue weighted by atomic mass is 16.6. The minimum Gasteiger partial charge on any atom is -0.479 e. The molecular weight excluding hydrogens is 304 g/mol. The Balaban J connectivity index is 2.46. The van der Waals surface area contributed by atoms with E-state index in [1.54, 1.807) is 0 Å². The van der Waals surface area contributed by atoms with E-state index < -0.39 is 35.5 Å². The van der Waals surface area contributed by atoms with Crippen molar-refractivity contribution < 1.29 is 34.4 Å². The van der Waals surface area contributed by atoms with Gasteiger partial charge in [-0.3, -0.25) is 4.79 Å². The number of hydrogen-bond acceptors (Lipinski definition) is 5. The highest BCUT2D eigenvalue weighted by Crippen LogP contribution is 2.36. The standard InChI is InChI=1S/C16H26O7/c1-2-3-4-5-6-7-8-9-10-11-14(19)23-12(13(17)18)16(11,22)15(20)21/h11-12,22H,2-10H2,1H3,(H,17,18)(H,20,21)/t11-,12+,16+/m1/s1. The van der Waals surface area contributed by atoms with Crippen LogP contribution in [0.3, 0.4) is 0 Å². The fourth-order valence-corrected chi connectivity index (χ4v) is 2.97. The van der Waals surface area contributed by atoms with Crippen molar-refractivity contribution in [1.82, 2.24) is 0 Å². The minimum absolute atomic E-state index is 0.111. The first-order valence-electron chi connectivity index (χ1n) is 8.24. The topological polar surface area (TPSA) is 121 Å². The van der Waals surface area contributed by atoms with E-state index in [9.17, 15) is 19.5 Å². The molecule has 1 aliphatic rings. The number of carboxylic acid groups (broad SMARTS) is 2. The summed E-state index contributed by atoms with van der Waals surface area (Å²) in [6.45, 7) is 2.15. The molecule has 0 aromatic carbocycles. The van der Waals surface area contributed by atoms with Gasteiger partial charge in [0.2, 0.25) is 11.7 Å². The molecule has 0 spiro atoms. The molecule has 23 heavy (non-hydrogen) atoms. The minimum atomic E-state index is -2.69. The van der Waals surface area contributed by atoms with E-state index in [1.165, 1.54) is 19.3 Å². The summed E-state index contributed by atoms with van der Waals surface area (Å²) < 4.78 is 4.57. The Morgan fingerprint density at radius 3 is 2.04 bits per heavy atom. The SMILES string of the molecule is CCCCCCCCCC[C@@H]1C(=O)O[C@@H](C(=O)O)[C@]1(O)C(=O)O. The van der Waals surface area contributed by atoms with Crippen LogP contribution in [-0.4, -0.2) is 44.9 Å².